The quantitative estimate of drug-likeness (QED) is 0.512. The summed E-state index contributed by atoms with van der Waals surface area (Å²) in [6.07, 6.45) is 2.06. The Morgan fingerprint density at radius 2 is 1.73 bits per heavy atom. The minimum absolute atomic E-state index is 0. The Balaban J connectivity index is 0.00000196. The predicted octanol–water partition coefficient (Wildman–Crippen LogP) is 5.15. The molecule has 0 bridgehead atoms. The first-order chi connectivity index (χ1) is 12.2. The molecule has 2 heterocycles. The van der Waals surface area contributed by atoms with Crippen LogP contribution in [-0.2, 0) is 13.1 Å². The monoisotopic (exact) mass is 367 g/mol. The van der Waals surface area contributed by atoms with Crippen LogP contribution in [0.25, 0.3) is 22.2 Å². The topological polar surface area (TPSA) is 53.9 Å². The van der Waals surface area contributed by atoms with E-state index < -0.39 is 0 Å². The molecule has 0 aliphatic heterocycles. The van der Waals surface area contributed by atoms with E-state index in [-0.39, 0.29) is 12.4 Å². The Kier molecular flexibility index (Phi) is 5.45. The lowest BCUT2D eigenvalue weighted by Crippen LogP contribution is -2.11. The van der Waals surface area contributed by atoms with E-state index in [1.165, 1.54) is 27.6 Å². The molecular formula is C21H22ClN3O. The van der Waals surface area contributed by atoms with Crippen molar-refractivity contribution in [2.24, 2.45) is 0 Å². The lowest BCUT2D eigenvalue weighted by atomic mass is 10.1. The number of fused-ring (bicyclic) bond motifs is 1. The zero-order valence-electron chi connectivity index (χ0n) is 14.9. The molecule has 0 radical (unpaired) electrons. The first kappa shape index (κ1) is 18.2. The summed E-state index contributed by atoms with van der Waals surface area (Å²) >= 11 is 0. The largest absolute Gasteiger partial charge is 0.361 e. The normalized spacial score (nSPS) is 10.8. The third-order valence-electron chi connectivity index (χ3n) is 4.44. The van der Waals surface area contributed by atoms with Gasteiger partial charge >= 0.3 is 0 Å². The summed E-state index contributed by atoms with van der Waals surface area (Å²) in [5.74, 6) is 0.839. The summed E-state index contributed by atoms with van der Waals surface area (Å²) in [5.41, 5.74) is 6.89. The second kappa shape index (κ2) is 7.77. The maximum Gasteiger partial charge on any atom is 0.151 e. The van der Waals surface area contributed by atoms with Crippen molar-refractivity contribution in [2.45, 2.75) is 26.9 Å². The first-order valence-corrected chi connectivity index (χ1v) is 8.49. The molecule has 2 aromatic heterocycles. The number of H-pyrrole nitrogens is 1. The van der Waals surface area contributed by atoms with Crippen molar-refractivity contribution in [3.05, 3.63) is 77.2 Å². The molecule has 134 valence electrons. The van der Waals surface area contributed by atoms with Crippen molar-refractivity contribution in [2.75, 3.05) is 0 Å². The lowest BCUT2D eigenvalue weighted by molar-refractivity contribution is 0.374. The second-order valence-electron chi connectivity index (χ2n) is 6.51. The minimum atomic E-state index is 0. The van der Waals surface area contributed by atoms with Gasteiger partial charge in [-0.1, -0.05) is 46.6 Å². The molecule has 4 rings (SSSR count). The van der Waals surface area contributed by atoms with Crippen LogP contribution in [0.15, 0.2) is 59.3 Å². The Morgan fingerprint density at radius 1 is 0.962 bits per heavy atom. The van der Waals surface area contributed by atoms with Crippen LogP contribution in [0.2, 0.25) is 0 Å². The highest BCUT2D eigenvalue weighted by Gasteiger charge is 2.07. The molecular weight excluding hydrogens is 346 g/mol. The molecule has 2 aromatic carbocycles. The number of hydrogen-bond acceptors (Lipinski definition) is 3. The maximum absolute atomic E-state index is 5.46. The highest BCUT2D eigenvalue weighted by molar-refractivity contribution is 5.85. The fourth-order valence-electron chi connectivity index (χ4n) is 3.02. The van der Waals surface area contributed by atoms with E-state index >= 15 is 0 Å². The van der Waals surface area contributed by atoms with E-state index in [4.69, 9.17) is 4.52 Å². The molecule has 26 heavy (non-hydrogen) atoms. The van der Waals surface area contributed by atoms with Crippen molar-refractivity contribution in [3.63, 3.8) is 0 Å². The fraction of sp³-hybridized carbons (Fsp3) is 0.190. The number of aromatic amines is 1. The summed E-state index contributed by atoms with van der Waals surface area (Å²) in [5, 5.41) is 8.88. The van der Waals surface area contributed by atoms with Crippen LogP contribution in [-0.4, -0.2) is 10.1 Å². The van der Waals surface area contributed by atoms with Crippen LogP contribution in [0, 0.1) is 13.8 Å². The number of halogens is 1. The van der Waals surface area contributed by atoms with Crippen LogP contribution in [0.5, 0.6) is 0 Å². The van der Waals surface area contributed by atoms with Gasteiger partial charge in [-0.3, -0.25) is 0 Å². The Bertz CT molecular complexity index is 1000. The number of nitrogens with zero attached hydrogens (tertiary/aromatic N) is 1. The zero-order valence-corrected chi connectivity index (χ0v) is 15.7. The van der Waals surface area contributed by atoms with E-state index in [2.05, 4.69) is 78.0 Å². The SMILES string of the molecule is Cc1ccc(-c2cc(CNCc3c[nH]c4ccc(C)cc34)on2)cc1.Cl. The number of nitrogens with one attached hydrogen (secondary N) is 2. The summed E-state index contributed by atoms with van der Waals surface area (Å²) in [7, 11) is 0. The van der Waals surface area contributed by atoms with Gasteiger partial charge in [0, 0.05) is 35.3 Å². The van der Waals surface area contributed by atoms with E-state index in [1.807, 2.05) is 6.07 Å². The van der Waals surface area contributed by atoms with Crippen molar-refractivity contribution >= 4 is 23.3 Å². The minimum Gasteiger partial charge on any atom is -0.361 e. The lowest BCUT2D eigenvalue weighted by Gasteiger charge is -2.01. The number of hydrogen-bond donors (Lipinski definition) is 2. The molecule has 0 saturated heterocycles. The average molecular weight is 368 g/mol. The Hall–Kier alpha value is -2.56. The van der Waals surface area contributed by atoms with E-state index in [9.17, 15) is 0 Å². The second-order valence-corrected chi connectivity index (χ2v) is 6.51. The molecule has 0 unspecified atom stereocenters. The van der Waals surface area contributed by atoms with Gasteiger partial charge in [0.15, 0.2) is 5.76 Å². The molecule has 4 aromatic rings. The standard InChI is InChI=1S/C21H21N3O.ClH/c1-14-3-6-16(7-4-14)21-10-18(25-24-21)13-22-11-17-12-23-20-8-5-15(2)9-19(17)20;/h3-10,12,22-23H,11,13H2,1-2H3;1H. The van der Waals surface area contributed by atoms with Gasteiger partial charge in [0.25, 0.3) is 0 Å². The Labute approximate surface area is 159 Å². The molecule has 0 aliphatic carbocycles. The average Bonchev–Trinajstić information content (AvgIpc) is 3.23. The van der Waals surface area contributed by atoms with Gasteiger partial charge in [0.2, 0.25) is 0 Å². The third kappa shape index (κ3) is 3.82. The molecule has 0 fully saturated rings. The zero-order chi connectivity index (χ0) is 17.2. The molecule has 2 N–H and O–H groups in total. The molecule has 0 aliphatic rings. The molecule has 0 saturated carbocycles. The molecule has 4 nitrogen and oxygen atoms in total. The smallest absolute Gasteiger partial charge is 0.151 e. The van der Waals surface area contributed by atoms with Crippen LogP contribution < -0.4 is 5.32 Å². The predicted molar refractivity (Wildman–Crippen MR) is 108 cm³/mol. The summed E-state index contributed by atoms with van der Waals surface area (Å²) in [6, 6.07) is 16.8. The number of rotatable bonds is 5. The van der Waals surface area contributed by atoms with E-state index in [1.54, 1.807) is 0 Å². The maximum atomic E-state index is 5.46. The van der Waals surface area contributed by atoms with E-state index in [0.29, 0.717) is 6.54 Å². The van der Waals surface area contributed by atoms with Gasteiger partial charge in [-0.15, -0.1) is 12.4 Å². The van der Waals surface area contributed by atoms with Gasteiger partial charge in [0.1, 0.15) is 5.69 Å². The van der Waals surface area contributed by atoms with Gasteiger partial charge in [-0.2, -0.15) is 0 Å². The molecule has 0 atom stereocenters. The third-order valence-corrected chi connectivity index (χ3v) is 4.44. The van der Waals surface area contributed by atoms with Crippen LogP contribution in [0.1, 0.15) is 22.5 Å². The van der Waals surface area contributed by atoms with Crippen LogP contribution >= 0.6 is 12.4 Å². The van der Waals surface area contributed by atoms with Crippen molar-refractivity contribution in [1.82, 2.24) is 15.5 Å². The van der Waals surface area contributed by atoms with Crippen molar-refractivity contribution in [1.29, 1.82) is 0 Å². The highest BCUT2D eigenvalue weighted by Crippen LogP contribution is 2.21. The van der Waals surface area contributed by atoms with Gasteiger partial charge in [-0.05, 0) is 31.5 Å². The summed E-state index contributed by atoms with van der Waals surface area (Å²) < 4.78 is 5.46. The van der Waals surface area contributed by atoms with Gasteiger partial charge in [0.05, 0.1) is 6.54 Å². The summed E-state index contributed by atoms with van der Waals surface area (Å²) in [4.78, 5) is 3.32. The number of aromatic nitrogens is 2. The fourth-order valence-corrected chi connectivity index (χ4v) is 3.02. The van der Waals surface area contributed by atoms with Gasteiger partial charge < -0.3 is 14.8 Å². The number of aryl methyl sites for hydroxylation is 2. The molecule has 5 heteroatoms. The molecule has 0 amide bonds. The van der Waals surface area contributed by atoms with Crippen LogP contribution in [0.3, 0.4) is 0 Å². The number of benzene rings is 2. The van der Waals surface area contributed by atoms with Crippen LogP contribution in [0.4, 0.5) is 0 Å². The van der Waals surface area contributed by atoms with E-state index in [0.717, 1.165) is 23.6 Å². The summed E-state index contributed by atoms with van der Waals surface area (Å²) in [6.45, 7) is 5.63. The Morgan fingerprint density at radius 3 is 2.54 bits per heavy atom. The first-order valence-electron chi connectivity index (χ1n) is 8.49. The highest BCUT2D eigenvalue weighted by atomic mass is 35.5. The van der Waals surface area contributed by atoms with Crippen molar-refractivity contribution < 1.29 is 4.52 Å². The molecule has 0 spiro atoms. The van der Waals surface area contributed by atoms with Crippen molar-refractivity contribution in [3.8, 4) is 11.3 Å². The van der Waals surface area contributed by atoms with Gasteiger partial charge in [-0.25, -0.2) is 0 Å².